The largest absolute Gasteiger partial charge is 0.493 e. The number of hydrogen-bond donors (Lipinski definition) is 2. The fourth-order valence-electron chi connectivity index (χ4n) is 2.53. The van der Waals surface area contributed by atoms with E-state index in [4.69, 9.17) is 9.47 Å². The number of nitrogens with zero attached hydrogens (tertiary/aromatic N) is 1. The normalized spacial score (nSPS) is 10.9. The molecular formula is C19H25N3O3. The van der Waals surface area contributed by atoms with E-state index in [2.05, 4.69) is 29.5 Å². The zero-order chi connectivity index (χ0) is 18.4. The van der Waals surface area contributed by atoms with Gasteiger partial charge in [0.1, 0.15) is 5.82 Å². The molecule has 0 radical (unpaired) electrons. The third kappa shape index (κ3) is 4.21. The van der Waals surface area contributed by atoms with E-state index in [0.29, 0.717) is 29.4 Å². The molecule has 2 N–H and O–H groups in total. The Morgan fingerprint density at radius 2 is 1.88 bits per heavy atom. The van der Waals surface area contributed by atoms with Crippen LogP contribution in [0.5, 0.6) is 11.5 Å². The van der Waals surface area contributed by atoms with Crippen LogP contribution in [0.1, 0.15) is 29.8 Å². The number of carbonyl (C=O) groups excluding carboxylic acids is 1. The van der Waals surface area contributed by atoms with Crippen molar-refractivity contribution in [2.45, 2.75) is 19.3 Å². The summed E-state index contributed by atoms with van der Waals surface area (Å²) in [6.45, 7) is 4.83. The molecule has 134 valence electrons. The topological polar surface area (TPSA) is 72.5 Å². The van der Waals surface area contributed by atoms with E-state index in [1.54, 1.807) is 39.6 Å². The molecule has 6 heteroatoms. The lowest BCUT2D eigenvalue weighted by atomic mass is 9.84. The Morgan fingerprint density at radius 1 is 1.16 bits per heavy atom. The van der Waals surface area contributed by atoms with Crippen molar-refractivity contribution in [1.82, 2.24) is 10.3 Å². The molecule has 0 atom stereocenters. The molecular weight excluding hydrogens is 318 g/mol. The Labute approximate surface area is 148 Å². The van der Waals surface area contributed by atoms with Crippen molar-refractivity contribution in [2.24, 2.45) is 0 Å². The predicted octanol–water partition coefficient (Wildman–Crippen LogP) is 2.85. The van der Waals surface area contributed by atoms with Crippen molar-refractivity contribution in [1.29, 1.82) is 0 Å². The number of rotatable bonds is 7. The van der Waals surface area contributed by atoms with Gasteiger partial charge in [0.05, 0.1) is 19.8 Å². The SMILES string of the molecule is CNC(=O)c1cccnc1NCC(C)(C)c1ccc(OC)c(OC)c1. The molecule has 1 amide bonds. The summed E-state index contributed by atoms with van der Waals surface area (Å²) < 4.78 is 10.7. The summed E-state index contributed by atoms with van der Waals surface area (Å²) in [6, 6.07) is 9.37. The van der Waals surface area contributed by atoms with Gasteiger partial charge in [0.15, 0.2) is 11.5 Å². The maximum atomic E-state index is 12.0. The molecule has 0 aliphatic heterocycles. The number of benzene rings is 1. The van der Waals surface area contributed by atoms with Crippen LogP contribution in [0.3, 0.4) is 0 Å². The van der Waals surface area contributed by atoms with E-state index >= 15 is 0 Å². The van der Waals surface area contributed by atoms with E-state index < -0.39 is 0 Å². The van der Waals surface area contributed by atoms with Crippen molar-refractivity contribution in [3.63, 3.8) is 0 Å². The first-order valence-corrected chi connectivity index (χ1v) is 8.06. The number of ether oxygens (including phenoxy) is 2. The molecule has 0 aliphatic rings. The minimum atomic E-state index is -0.211. The van der Waals surface area contributed by atoms with Crippen LogP contribution in [0, 0.1) is 0 Å². The van der Waals surface area contributed by atoms with Gasteiger partial charge in [-0.25, -0.2) is 4.98 Å². The van der Waals surface area contributed by atoms with Crippen molar-refractivity contribution < 1.29 is 14.3 Å². The van der Waals surface area contributed by atoms with Crippen molar-refractivity contribution in [2.75, 3.05) is 33.1 Å². The Morgan fingerprint density at radius 3 is 2.52 bits per heavy atom. The number of nitrogens with one attached hydrogen (secondary N) is 2. The summed E-state index contributed by atoms with van der Waals surface area (Å²) in [5.41, 5.74) is 1.40. The standard InChI is InChI=1S/C19H25N3O3/c1-19(2,13-8-9-15(24-4)16(11-13)25-5)12-22-17-14(18(23)20-3)7-6-10-21-17/h6-11H,12H2,1-5H3,(H,20,23)(H,21,22). The molecule has 1 aromatic heterocycles. The maximum absolute atomic E-state index is 12.0. The van der Waals surface area contributed by atoms with E-state index in [-0.39, 0.29) is 11.3 Å². The van der Waals surface area contributed by atoms with Crippen molar-refractivity contribution in [3.8, 4) is 11.5 Å². The highest BCUT2D eigenvalue weighted by molar-refractivity contribution is 5.98. The van der Waals surface area contributed by atoms with E-state index in [1.165, 1.54) is 0 Å². The molecule has 25 heavy (non-hydrogen) atoms. The lowest BCUT2D eigenvalue weighted by molar-refractivity contribution is 0.0963. The van der Waals surface area contributed by atoms with Crippen LogP contribution in [0.15, 0.2) is 36.5 Å². The first kappa shape index (κ1) is 18.6. The maximum Gasteiger partial charge on any atom is 0.254 e. The van der Waals surface area contributed by atoms with Crippen LogP contribution in [-0.2, 0) is 5.41 Å². The molecule has 6 nitrogen and oxygen atoms in total. The first-order valence-electron chi connectivity index (χ1n) is 8.06. The van der Waals surface area contributed by atoms with Gasteiger partial charge in [-0.15, -0.1) is 0 Å². The van der Waals surface area contributed by atoms with Gasteiger partial charge in [-0.05, 0) is 29.8 Å². The van der Waals surface area contributed by atoms with Crippen LogP contribution < -0.4 is 20.1 Å². The van der Waals surface area contributed by atoms with Gasteiger partial charge in [0.2, 0.25) is 0 Å². The zero-order valence-corrected chi connectivity index (χ0v) is 15.3. The third-order valence-electron chi connectivity index (χ3n) is 4.14. The minimum absolute atomic E-state index is 0.167. The highest BCUT2D eigenvalue weighted by atomic mass is 16.5. The zero-order valence-electron chi connectivity index (χ0n) is 15.3. The van der Waals surface area contributed by atoms with Crippen LogP contribution in [-0.4, -0.2) is 38.7 Å². The number of aromatic nitrogens is 1. The molecule has 0 spiro atoms. The third-order valence-corrected chi connectivity index (χ3v) is 4.14. The number of anilines is 1. The molecule has 0 saturated carbocycles. The van der Waals surface area contributed by atoms with Gasteiger partial charge >= 0.3 is 0 Å². The fourth-order valence-corrected chi connectivity index (χ4v) is 2.53. The summed E-state index contributed by atoms with van der Waals surface area (Å²) in [5, 5.41) is 5.92. The second-order valence-electron chi connectivity index (χ2n) is 6.29. The van der Waals surface area contributed by atoms with E-state index in [9.17, 15) is 4.79 Å². The highest BCUT2D eigenvalue weighted by Crippen LogP contribution is 2.33. The molecule has 2 rings (SSSR count). The second kappa shape index (κ2) is 7.88. The van der Waals surface area contributed by atoms with E-state index in [1.807, 2.05) is 18.2 Å². The monoisotopic (exact) mass is 343 g/mol. The lowest BCUT2D eigenvalue weighted by Crippen LogP contribution is -2.29. The molecule has 0 aliphatic carbocycles. The molecule has 0 unspecified atom stereocenters. The molecule has 0 bridgehead atoms. The first-order chi connectivity index (χ1) is 11.9. The van der Waals surface area contributed by atoms with Crippen LogP contribution in [0.4, 0.5) is 5.82 Å². The average Bonchev–Trinajstić information content (AvgIpc) is 2.65. The molecule has 1 heterocycles. The number of carbonyl (C=O) groups is 1. The average molecular weight is 343 g/mol. The van der Waals surface area contributed by atoms with Gasteiger partial charge in [0, 0.05) is 25.2 Å². The van der Waals surface area contributed by atoms with Gasteiger partial charge < -0.3 is 20.1 Å². The van der Waals surface area contributed by atoms with Gasteiger partial charge in [0.25, 0.3) is 5.91 Å². The number of hydrogen-bond acceptors (Lipinski definition) is 5. The lowest BCUT2D eigenvalue weighted by Gasteiger charge is -2.27. The highest BCUT2D eigenvalue weighted by Gasteiger charge is 2.23. The smallest absolute Gasteiger partial charge is 0.254 e. The Bertz CT molecular complexity index is 744. The van der Waals surface area contributed by atoms with Gasteiger partial charge in [-0.3, -0.25) is 4.79 Å². The molecule has 2 aromatic rings. The Balaban J connectivity index is 2.21. The minimum Gasteiger partial charge on any atom is -0.493 e. The van der Waals surface area contributed by atoms with Crippen molar-refractivity contribution in [3.05, 3.63) is 47.7 Å². The van der Waals surface area contributed by atoms with Crippen LogP contribution in [0.2, 0.25) is 0 Å². The van der Waals surface area contributed by atoms with Gasteiger partial charge in [-0.1, -0.05) is 19.9 Å². The van der Waals surface area contributed by atoms with Crippen LogP contribution >= 0.6 is 0 Å². The van der Waals surface area contributed by atoms with Gasteiger partial charge in [-0.2, -0.15) is 0 Å². The summed E-state index contributed by atoms with van der Waals surface area (Å²) >= 11 is 0. The second-order valence-corrected chi connectivity index (χ2v) is 6.29. The number of amides is 1. The van der Waals surface area contributed by atoms with Crippen LogP contribution in [0.25, 0.3) is 0 Å². The predicted molar refractivity (Wildman–Crippen MR) is 98.7 cm³/mol. The number of pyridine rings is 1. The van der Waals surface area contributed by atoms with Crippen molar-refractivity contribution >= 4 is 11.7 Å². The Kier molecular flexibility index (Phi) is 5.85. The molecule has 0 fully saturated rings. The summed E-state index contributed by atoms with van der Waals surface area (Å²) in [7, 11) is 4.84. The summed E-state index contributed by atoms with van der Waals surface area (Å²) in [6.07, 6.45) is 1.66. The fraction of sp³-hybridized carbons (Fsp3) is 0.368. The summed E-state index contributed by atoms with van der Waals surface area (Å²) in [4.78, 5) is 16.3. The van der Waals surface area contributed by atoms with E-state index in [0.717, 1.165) is 5.56 Å². The number of methoxy groups -OCH3 is 2. The molecule has 1 aromatic carbocycles. The Hall–Kier alpha value is -2.76. The summed E-state index contributed by atoms with van der Waals surface area (Å²) in [5.74, 6) is 1.79. The molecule has 0 saturated heterocycles. The quantitative estimate of drug-likeness (QED) is 0.809.